The molecule has 0 fully saturated rings. The lowest BCUT2D eigenvalue weighted by Gasteiger charge is -2.39. The van der Waals surface area contributed by atoms with E-state index in [1.54, 1.807) is 0 Å². The number of para-hydroxylation sites is 2. The summed E-state index contributed by atoms with van der Waals surface area (Å²) in [5.74, 6) is 0.887. The molecule has 0 spiro atoms. The second kappa shape index (κ2) is 5.55. The van der Waals surface area contributed by atoms with Crippen molar-refractivity contribution < 1.29 is 4.42 Å². The topological polar surface area (TPSA) is 35.8 Å². The van der Waals surface area contributed by atoms with E-state index in [9.17, 15) is 0 Å². The number of pyridine rings is 1. The molecule has 3 aromatic rings. The summed E-state index contributed by atoms with van der Waals surface area (Å²) < 4.78 is 6.20. The third-order valence-electron chi connectivity index (χ3n) is 5.95. The lowest BCUT2D eigenvalue weighted by atomic mass is 9.61. The molecule has 0 unspecified atom stereocenters. The molecule has 27 heavy (non-hydrogen) atoms. The first-order valence-electron chi connectivity index (χ1n) is 9.38. The molecule has 136 valence electrons. The average Bonchev–Trinajstić information content (AvgIpc) is 3.12. The van der Waals surface area contributed by atoms with Crippen LogP contribution < -0.4 is 14.5 Å². The largest absolute Gasteiger partial charge is 0.423 e. The molecular weight excluding hydrogens is 335 g/mol. The summed E-state index contributed by atoms with van der Waals surface area (Å²) in [6.07, 6.45) is 2.51. The first-order valence-corrected chi connectivity index (χ1v) is 9.38. The predicted molar refractivity (Wildman–Crippen MR) is 113 cm³/mol. The van der Waals surface area contributed by atoms with Crippen molar-refractivity contribution in [3.8, 4) is 0 Å². The molecule has 0 aliphatic carbocycles. The maximum Gasteiger partial charge on any atom is 0.410 e. The van der Waals surface area contributed by atoms with Gasteiger partial charge in [0.2, 0.25) is 5.71 Å². The number of anilines is 3. The van der Waals surface area contributed by atoms with E-state index >= 15 is 0 Å². The lowest BCUT2D eigenvalue weighted by Crippen LogP contribution is -2.58. The Labute approximate surface area is 160 Å². The number of rotatable bonds is 1. The molecule has 2 aliphatic rings. The highest BCUT2D eigenvalue weighted by molar-refractivity contribution is 6.76. The van der Waals surface area contributed by atoms with Crippen molar-refractivity contribution in [1.82, 2.24) is 4.98 Å². The van der Waals surface area contributed by atoms with Crippen molar-refractivity contribution >= 4 is 41.4 Å². The summed E-state index contributed by atoms with van der Waals surface area (Å²) in [5.41, 5.74) is 6.62. The van der Waals surface area contributed by atoms with E-state index in [1.807, 2.05) is 13.0 Å². The van der Waals surface area contributed by atoms with Crippen molar-refractivity contribution in [3.05, 3.63) is 53.1 Å². The highest BCUT2D eigenvalue weighted by Crippen LogP contribution is 2.44. The summed E-state index contributed by atoms with van der Waals surface area (Å²) in [7, 11) is 4.27. The second-order valence-corrected chi connectivity index (χ2v) is 7.64. The lowest BCUT2D eigenvalue weighted by molar-refractivity contribution is 0.604. The molecule has 2 aromatic heterocycles. The standard InChI is InChI=1S/C21H23BN4O/c1-13-12-17-16-11-10-14(2)23-20(16)27-21(17)25(5)22(13)26-15(3)24(4)18-8-6-7-9-19(18)26/h6-12,15H,1-5H3/t15-/m0/s1. The van der Waals surface area contributed by atoms with E-state index < -0.39 is 0 Å². The Hall–Kier alpha value is -2.89. The minimum absolute atomic E-state index is 0.0975. The molecule has 0 saturated carbocycles. The van der Waals surface area contributed by atoms with E-state index in [0.29, 0.717) is 5.71 Å². The number of hydrogen-bond acceptors (Lipinski definition) is 5. The fourth-order valence-electron chi connectivity index (χ4n) is 4.51. The van der Waals surface area contributed by atoms with Crippen molar-refractivity contribution in [2.24, 2.45) is 0 Å². The number of fused-ring (bicyclic) bond motifs is 4. The van der Waals surface area contributed by atoms with E-state index in [-0.39, 0.29) is 13.1 Å². The molecule has 0 saturated heterocycles. The number of hydrogen-bond donors (Lipinski definition) is 0. The Morgan fingerprint density at radius 1 is 1.04 bits per heavy atom. The molecule has 4 heterocycles. The molecule has 5 rings (SSSR count). The normalized spacial score (nSPS) is 18.9. The van der Waals surface area contributed by atoms with Crippen LogP contribution in [0.25, 0.3) is 17.2 Å². The van der Waals surface area contributed by atoms with Crippen LogP contribution in [0.2, 0.25) is 0 Å². The fraction of sp³-hybridized carbons (Fsp3) is 0.286. The monoisotopic (exact) mass is 358 g/mol. The van der Waals surface area contributed by atoms with Gasteiger partial charge in [-0.3, -0.25) is 0 Å². The SMILES string of the molecule is CC1=Cc2c(oc3nc(C)ccc23)N(C)B1N1c2ccccc2N(C)[C@@H]1C. The Kier molecular flexibility index (Phi) is 3.35. The third kappa shape index (κ3) is 2.16. The summed E-state index contributed by atoms with van der Waals surface area (Å²) >= 11 is 0. The van der Waals surface area contributed by atoms with Crippen LogP contribution in [-0.2, 0) is 0 Å². The number of allylic oxidation sites excluding steroid dienone is 1. The zero-order chi connectivity index (χ0) is 18.9. The number of benzene rings is 1. The van der Waals surface area contributed by atoms with Gasteiger partial charge in [0.1, 0.15) is 0 Å². The van der Waals surface area contributed by atoms with Crippen molar-refractivity contribution in [1.29, 1.82) is 0 Å². The van der Waals surface area contributed by atoms with Crippen molar-refractivity contribution in [2.75, 3.05) is 28.6 Å². The van der Waals surface area contributed by atoms with Gasteiger partial charge in [0.15, 0.2) is 5.88 Å². The smallest absolute Gasteiger partial charge is 0.410 e. The van der Waals surface area contributed by atoms with Crippen molar-refractivity contribution in [2.45, 2.75) is 26.9 Å². The van der Waals surface area contributed by atoms with Gasteiger partial charge in [0.25, 0.3) is 0 Å². The van der Waals surface area contributed by atoms with Gasteiger partial charge >= 0.3 is 6.98 Å². The summed E-state index contributed by atoms with van der Waals surface area (Å²) in [4.78, 5) is 11.6. The van der Waals surface area contributed by atoms with Crippen LogP contribution in [0, 0.1) is 6.92 Å². The number of nitrogens with zero attached hydrogens (tertiary/aromatic N) is 4. The molecule has 6 heteroatoms. The number of aryl methyl sites for hydroxylation is 1. The Morgan fingerprint density at radius 2 is 1.78 bits per heavy atom. The van der Waals surface area contributed by atoms with Gasteiger partial charge in [-0.2, -0.15) is 0 Å². The minimum atomic E-state index is 0.0975. The maximum absolute atomic E-state index is 6.20. The van der Waals surface area contributed by atoms with E-state index in [0.717, 1.165) is 22.5 Å². The van der Waals surface area contributed by atoms with E-state index in [4.69, 9.17) is 4.42 Å². The predicted octanol–water partition coefficient (Wildman–Crippen LogP) is 4.32. The first-order chi connectivity index (χ1) is 13.0. The van der Waals surface area contributed by atoms with Gasteiger partial charge < -0.3 is 18.9 Å². The first kappa shape index (κ1) is 16.3. The van der Waals surface area contributed by atoms with Crippen LogP contribution in [0.4, 0.5) is 17.3 Å². The molecular formula is C21H23BN4O. The van der Waals surface area contributed by atoms with E-state index in [1.165, 1.54) is 16.8 Å². The molecule has 0 bridgehead atoms. The van der Waals surface area contributed by atoms with Crippen molar-refractivity contribution in [3.63, 3.8) is 0 Å². The summed E-state index contributed by atoms with van der Waals surface area (Å²) in [6, 6.07) is 12.8. The average molecular weight is 358 g/mol. The Balaban J connectivity index is 1.65. The van der Waals surface area contributed by atoms with Gasteiger partial charge in [0.05, 0.1) is 17.5 Å². The minimum Gasteiger partial charge on any atom is -0.423 e. The zero-order valence-corrected chi connectivity index (χ0v) is 16.4. The highest BCUT2D eigenvalue weighted by atomic mass is 16.4. The summed E-state index contributed by atoms with van der Waals surface area (Å²) in [5, 5.41) is 1.08. The summed E-state index contributed by atoms with van der Waals surface area (Å²) in [6.45, 7) is 6.55. The van der Waals surface area contributed by atoms with Crippen LogP contribution in [0.15, 0.2) is 46.3 Å². The molecule has 0 radical (unpaired) electrons. The third-order valence-corrected chi connectivity index (χ3v) is 5.95. The van der Waals surface area contributed by atoms with E-state index in [2.05, 4.69) is 83.9 Å². The van der Waals surface area contributed by atoms with Gasteiger partial charge in [-0.1, -0.05) is 23.7 Å². The molecule has 1 aromatic carbocycles. The molecule has 1 atom stereocenters. The van der Waals surface area contributed by atoms with Gasteiger partial charge in [-0.25, -0.2) is 4.98 Å². The van der Waals surface area contributed by atoms with Crippen LogP contribution in [0.1, 0.15) is 25.1 Å². The molecule has 5 nitrogen and oxygen atoms in total. The Morgan fingerprint density at radius 3 is 2.56 bits per heavy atom. The number of furan rings is 1. The molecule has 2 aliphatic heterocycles. The maximum atomic E-state index is 6.20. The molecule has 0 N–H and O–H groups in total. The Bertz CT molecular complexity index is 1090. The quantitative estimate of drug-likeness (QED) is 0.606. The van der Waals surface area contributed by atoms with Crippen LogP contribution in [-0.4, -0.2) is 32.2 Å². The van der Waals surface area contributed by atoms with Gasteiger partial charge in [-0.05, 0) is 52.1 Å². The van der Waals surface area contributed by atoms with Gasteiger partial charge in [0, 0.05) is 23.7 Å². The van der Waals surface area contributed by atoms with Gasteiger partial charge in [-0.15, -0.1) is 0 Å². The van der Waals surface area contributed by atoms with Crippen LogP contribution in [0.3, 0.4) is 0 Å². The zero-order valence-electron chi connectivity index (χ0n) is 16.4. The van der Waals surface area contributed by atoms with Crippen LogP contribution in [0.5, 0.6) is 0 Å². The fourth-order valence-corrected chi connectivity index (χ4v) is 4.51. The molecule has 0 amide bonds. The number of aromatic nitrogens is 1. The van der Waals surface area contributed by atoms with Crippen LogP contribution >= 0.6 is 0 Å². The highest BCUT2D eigenvalue weighted by Gasteiger charge is 2.44. The second-order valence-electron chi connectivity index (χ2n) is 7.64.